The smallest absolute Gasteiger partial charge is 0.257 e. The monoisotopic (exact) mass is 409 g/mol. The topological polar surface area (TPSA) is 69.7 Å². The number of carbonyl (C=O) groups excluding carboxylic acids is 3. The molecule has 0 aromatic heterocycles. The van der Waals surface area contributed by atoms with E-state index in [1.807, 2.05) is 12.1 Å². The molecule has 1 fully saturated rings. The molecule has 0 saturated carbocycles. The summed E-state index contributed by atoms with van der Waals surface area (Å²) in [7, 11) is 0. The fraction of sp³-hybridized carbons (Fsp3) is 0.348. The zero-order valence-electron chi connectivity index (χ0n) is 16.9. The largest absolute Gasteiger partial charge is 0.341 e. The maximum absolute atomic E-state index is 14.3. The lowest BCUT2D eigenvalue weighted by Gasteiger charge is -2.38. The third-order valence-corrected chi connectivity index (χ3v) is 5.72. The van der Waals surface area contributed by atoms with E-state index in [0.29, 0.717) is 25.2 Å². The maximum Gasteiger partial charge on any atom is 0.257 e. The molecule has 3 amide bonds. The molecule has 1 unspecified atom stereocenters. The van der Waals surface area contributed by atoms with Crippen LogP contribution in [0.1, 0.15) is 41.3 Å². The predicted octanol–water partition coefficient (Wildman–Crippen LogP) is 2.97. The lowest BCUT2D eigenvalue weighted by Crippen LogP contribution is -2.53. The third kappa shape index (κ3) is 3.92. The van der Waals surface area contributed by atoms with Gasteiger partial charge < -0.3 is 15.1 Å². The van der Waals surface area contributed by atoms with Crippen LogP contribution in [-0.2, 0) is 22.6 Å². The Morgan fingerprint density at radius 2 is 1.77 bits per heavy atom. The van der Waals surface area contributed by atoms with E-state index in [0.717, 1.165) is 24.0 Å². The molecule has 0 aliphatic carbocycles. The van der Waals surface area contributed by atoms with E-state index in [4.69, 9.17) is 0 Å². The highest BCUT2D eigenvalue weighted by molar-refractivity contribution is 5.98. The fourth-order valence-electron chi connectivity index (χ4n) is 4.24. The summed E-state index contributed by atoms with van der Waals surface area (Å²) < 4.78 is 14.3. The van der Waals surface area contributed by atoms with Crippen LogP contribution in [0.5, 0.6) is 0 Å². The molecular weight excluding hydrogens is 385 g/mol. The first-order chi connectivity index (χ1) is 14.4. The Hall–Kier alpha value is -3.22. The highest BCUT2D eigenvalue weighted by Crippen LogP contribution is 2.29. The van der Waals surface area contributed by atoms with Crippen LogP contribution in [0.15, 0.2) is 42.5 Å². The normalized spacial score (nSPS) is 18.1. The van der Waals surface area contributed by atoms with Crippen LogP contribution in [0.3, 0.4) is 0 Å². The molecule has 2 heterocycles. The van der Waals surface area contributed by atoms with Crippen LogP contribution in [0.4, 0.5) is 10.1 Å². The minimum Gasteiger partial charge on any atom is -0.341 e. The molecule has 1 atom stereocenters. The van der Waals surface area contributed by atoms with Crippen LogP contribution < -0.4 is 5.32 Å². The van der Waals surface area contributed by atoms with E-state index in [-0.39, 0.29) is 23.9 Å². The lowest BCUT2D eigenvalue weighted by molar-refractivity contribution is -0.135. The molecule has 2 aromatic carbocycles. The van der Waals surface area contributed by atoms with Gasteiger partial charge in [-0.2, -0.15) is 0 Å². The number of amides is 3. The molecule has 2 aliphatic heterocycles. The highest BCUT2D eigenvalue weighted by atomic mass is 19.1. The molecule has 2 aromatic rings. The van der Waals surface area contributed by atoms with Crippen molar-refractivity contribution in [3.8, 4) is 0 Å². The van der Waals surface area contributed by atoms with Gasteiger partial charge in [0.25, 0.3) is 5.91 Å². The standard InChI is InChI=1S/C23H24FN3O3/c1-15(28)25-18-9-8-16-13-21(23(30)26-10-4-5-11-26)27(14-17(16)12-18)22(29)19-6-2-3-7-20(19)24/h2-3,6-9,12,21H,4-5,10-11,13-14H2,1H3,(H,25,28). The summed E-state index contributed by atoms with van der Waals surface area (Å²) in [5.41, 5.74) is 2.39. The van der Waals surface area contributed by atoms with Gasteiger partial charge in [-0.1, -0.05) is 18.2 Å². The van der Waals surface area contributed by atoms with Crippen molar-refractivity contribution >= 4 is 23.4 Å². The highest BCUT2D eigenvalue weighted by Gasteiger charge is 2.38. The summed E-state index contributed by atoms with van der Waals surface area (Å²) in [5, 5.41) is 2.74. The quantitative estimate of drug-likeness (QED) is 0.847. The summed E-state index contributed by atoms with van der Waals surface area (Å²) in [6, 6.07) is 10.7. The van der Waals surface area contributed by atoms with Crippen LogP contribution in [0, 0.1) is 5.82 Å². The van der Waals surface area contributed by atoms with E-state index in [1.54, 1.807) is 17.0 Å². The molecule has 7 heteroatoms. The summed E-state index contributed by atoms with van der Waals surface area (Å²) in [6.45, 7) is 2.98. The average molecular weight is 409 g/mol. The van der Waals surface area contributed by atoms with E-state index in [9.17, 15) is 18.8 Å². The van der Waals surface area contributed by atoms with Crippen molar-refractivity contribution in [1.82, 2.24) is 9.80 Å². The first-order valence-corrected chi connectivity index (χ1v) is 10.2. The Morgan fingerprint density at radius 3 is 2.47 bits per heavy atom. The van der Waals surface area contributed by atoms with Crippen LogP contribution in [-0.4, -0.2) is 46.7 Å². The number of hydrogen-bond acceptors (Lipinski definition) is 3. The minimum absolute atomic E-state index is 0.0433. The number of likely N-dealkylation sites (tertiary alicyclic amines) is 1. The minimum atomic E-state index is -0.672. The lowest BCUT2D eigenvalue weighted by atomic mass is 9.92. The third-order valence-electron chi connectivity index (χ3n) is 5.72. The summed E-state index contributed by atoms with van der Waals surface area (Å²) >= 11 is 0. The van der Waals surface area contributed by atoms with Crippen LogP contribution in [0.25, 0.3) is 0 Å². The number of nitrogens with zero attached hydrogens (tertiary/aromatic N) is 2. The number of rotatable bonds is 3. The Kier molecular flexibility index (Phi) is 5.53. The second kappa shape index (κ2) is 8.26. The number of benzene rings is 2. The number of fused-ring (bicyclic) bond motifs is 1. The number of carbonyl (C=O) groups is 3. The molecule has 2 aliphatic rings. The molecule has 156 valence electrons. The van der Waals surface area contributed by atoms with E-state index < -0.39 is 17.8 Å². The molecular formula is C23H24FN3O3. The number of nitrogens with one attached hydrogen (secondary N) is 1. The first kappa shape index (κ1) is 20.1. The number of halogens is 1. The van der Waals surface area contributed by atoms with Crippen molar-refractivity contribution < 1.29 is 18.8 Å². The van der Waals surface area contributed by atoms with Gasteiger partial charge in [0.05, 0.1) is 5.56 Å². The van der Waals surface area contributed by atoms with Crippen molar-refractivity contribution in [3.63, 3.8) is 0 Å². The average Bonchev–Trinajstić information content (AvgIpc) is 3.26. The van der Waals surface area contributed by atoms with Gasteiger partial charge in [0.15, 0.2) is 0 Å². The molecule has 0 spiro atoms. The van der Waals surface area contributed by atoms with Crippen molar-refractivity contribution in [3.05, 3.63) is 65.0 Å². The molecule has 0 radical (unpaired) electrons. The second-order valence-corrected chi connectivity index (χ2v) is 7.83. The van der Waals surface area contributed by atoms with Crippen LogP contribution >= 0.6 is 0 Å². The SMILES string of the molecule is CC(=O)Nc1ccc2c(c1)CN(C(=O)c1ccccc1F)C(C(=O)N1CCCC1)C2. The van der Waals surface area contributed by atoms with Crippen molar-refractivity contribution in [1.29, 1.82) is 0 Å². The summed E-state index contributed by atoms with van der Waals surface area (Å²) in [5.74, 6) is -1.38. The van der Waals surface area contributed by atoms with Gasteiger partial charge in [-0.05, 0) is 48.2 Å². The van der Waals surface area contributed by atoms with Crippen molar-refractivity contribution in [2.75, 3.05) is 18.4 Å². The molecule has 4 rings (SSSR count). The van der Waals surface area contributed by atoms with Crippen molar-refractivity contribution in [2.24, 2.45) is 0 Å². The first-order valence-electron chi connectivity index (χ1n) is 10.2. The molecule has 1 N–H and O–H groups in total. The Labute approximate surface area is 174 Å². The molecule has 0 bridgehead atoms. The number of anilines is 1. The molecule has 30 heavy (non-hydrogen) atoms. The Morgan fingerprint density at radius 1 is 1.03 bits per heavy atom. The van der Waals surface area contributed by atoms with Crippen molar-refractivity contribution in [2.45, 2.75) is 38.8 Å². The zero-order chi connectivity index (χ0) is 21.3. The molecule has 6 nitrogen and oxygen atoms in total. The fourth-order valence-corrected chi connectivity index (χ4v) is 4.24. The van der Waals surface area contributed by atoms with Gasteiger partial charge in [-0.15, -0.1) is 0 Å². The van der Waals surface area contributed by atoms with Gasteiger partial charge in [0.2, 0.25) is 11.8 Å². The van der Waals surface area contributed by atoms with Gasteiger partial charge >= 0.3 is 0 Å². The van der Waals surface area contributed by atoms with Gasteiger partial charge in [-0.25, -0.2) is 4.39 Å². The van der Waals surface area contributed by atoms with Gasteiger partial charge in [0, 0.05) is 38.7 Å². The Bertz CT molecular complexity index is 1000. The Balaban J connectivity index is 1.70. The van der Waals surface area contributed by atoms with Crippen LogP contribution in [0.2, 0.25) is 0 Å². The van der Waals surface area contributed by atoms with E-state index >= 15 is 0 Å². The van der Waals surface area contributed by atoms with E-state index in [1.165, 1.54) is 30.0 Å². The summed E-state index contributed by atoms with van der Waals surface area (Å²) in [6.07, 6.45) is 2.28. The second-order valence-electron chi connectivity index (χ2n) is 7.83. The van der Waals surface area contributed by atoms with E-state index in [2.05, 4.69) is 5.32 Å². The maximum atomic E-state index is 14.3. The predicted molar refractivity (Wildman–Crippen MR) is 110 cm³/mol. The summed E-state index contributed by atoms with van der Waals surface area (Å²) in [4.78, 5) is 41.2. The van der Waals surface area contributed by atoms with Gasteiger partial charge in [-0.3, -0.25) is 14.4 Å². The van der Waals surface area contributed by atoms with Gasteiger partial charge in [0.1, 0.15) is 11.9 Å². The number of hydrogen-bond donors (Lipinski definition) is 1. The zero-order valence-corrected chi connectivity index (χ0v) is 16.9. The molecule has 1 saturated heterocycles.